The summed E-state index contributed by atoms with van der Waals surface area (Å²) in [5, 5.41) is 6.11. The van der Waals surface area contributed by atoms with Crippen molar-refractivity contribution in [2.45, 2.75) is 32.1 Å². The quantitative estimate of drug-likeness (QED) is 0.728. The van der Waals surface area contributed by atoms with Gasteiger partial charge in [-0.15, -0.1) is 0 Å². The molecule has 2 aliphatic heterocycles. The van der Waals surface area contributed by atoms with Crippen LogP contribution >= 0.6 is 0 Å². The van der Waals surface area contributed by atoms with Gasteiger partial charge in [-0.05, 0) is 33.4 Å². The Kier molecular flexibility index (Phi) is 5.45. The third kappa shape index (κ3) is 4.32. The van der Waals surface area contributed by atoms with Crippen LogP contribution in [0.3, 0.4) is 0 Å². The third-order valence-electron chi connectivity index (χ3n) is 5.45. The monoisotopic (exact) mass is 364 g/mol. The van der Waals surface area contributed by atoms with Crippen LogP contribution in [0.2, 0.25) is 0 Å². The zero-order valence-electron chi connectivity index (χ0n) is 15.6. The number of aromatic amines is 2. The molecular weight excluding hydrogens is 336 g/mol. The molecule has 1 atom stereocenters. The van der Waals surface area contributed by atoms with E-state index < -0.39 is 5.69 Å². The summed E-state index contributed by atoms with van der Waals surface area (Å²) < 4.78 is 0. The van der Waals surface area contributed by atoms with Crippen molar-refractivity contribution in [3.05, 3.63) is 16.3 Å². The molecule has 2 aliphatic rings. The number of aromatic nitrogens is 3. The van der Waals surface area contributed by atoms with Crippen LogP contribution < -0.4 is 5.69 Å². The number of piperidine rings is 2. The summed E-state index contributed by atoms with van der Waals surface area (Å²) in [6.07, 6.45) is 3.48. The van der Waals surface area contributed by atoms with Crippen molar-refractivity contribution in [2.75, 3.05) is 46.8 Å². The second-order valence-corrected chi connectivity index (χ2v) is 7.84. The van der Waals surface area contributed by atoms with E-state index in [2.05, 4.69) is 20.1 Å². The molecule has 9 nitrogen and oxygen atoms in total. The molecule has 0 aromatic carbocycles. The Morgan fingerprint density at radius 2 is 2.08 bits per heavy atom. The van der Waals surface area contributed by atoms with Gasteiger partial charge in [0.15, 0.2) is 0 Å². The Hall–Kier alpha value is -2.16. The van der Waals surface area contributed by atoms with E-state index in [-0.39, 0.29) is 23.7 Å². The first-order valence-corrected chi connectivity index (χ1v) is 9.21. The normalized spacial score (nSPS) is 23.9. The Bertz CT molecular complexity index is 711. The van der Waals surface area contributed by atoms with E-state index in [1.54, 1.807) is 0 Å². The minimum absolute atomic E-state index is 0.00683. The fraction of sp³-hybridized carbons (Fsp3) is 0.765. The van der Waals surface area contributed by atoms with Gasteiger partial charge >= 0.3 is 5.69 Å². The van der Waals surface area contributed by atoms with Crippen LogP contribution in [-0.2, 0) is 16.0 Å². The predicted molar refractivity (Wildman–Crippen MR) is 95.5 cm³/mol. The zero-order chi connectivity index (χ0) is 18.7. The first-order valence-electron chi connectivity index (χ1n) is 9.21. The molecule has 0 aliphatic carbocycles. The van der Waals surface area contributed by atoms with Crippen LogP contribution in [0.1, 0.15) is 31.5 Å². The van der Waals surface area contributed by atoms with Gasteiger partial charge in [0.1, 0.15) is 5.82 Å². The van der Waals surface area contributed by atoms with Crippen LogP contribution in [0.25, 0.3) is 0 Å². The van der Waals surface area contributed by atoms with Crippen LogP contribution in [0, 0.1) is 5.41 Å². The van der Waals surface area contributed by atoms with Crippen LogP contribution in [-0.4, -0.2) is 88.5 Å². The zero-order valence-corrected chi connectivity index (χ0v) is 15.6. The van der Waals surface area contributed by atoms with Crippen molar-refractivity contribution in [2.24, 2.45) is 5.41 Å². The maximum atomic E-state index is 12.6. The fourth-order valence-corrected chi connectivity index (χ4v) is 4.02. The molecule has 144 valence electrons. The number of amides is 2. The summed E-state index contributed by atoms with van der Waals surface area (Å²) in [5.41, 5.74) is -0.405. The lowest BCUT2D eigenvalue weighted by Crippen LogP contribution is -2.56. The number of nitrogens with zero attached hydrogens (tertiary/aromatic N) is 4. The molecule has 0 unspecified atom stereocenters. The molecule has 2 N–H and O–H groups in total. The number of carbonyl (C=O) groups is 2. The van der Waals surface area contributed by atoms with Gasteiger partial charge in [-0.1, -0.05) is 0 Å². The number of H-pyrrole nitrogens is 2. The molecule has 9 heteroatoms. The minimum Gasteiger partial charge on any atom is -0.342 e. The first kappa shape index (κ1) is 18.6. The number of likely N-dealkylation sites (N-methyl/N-ethyl adjacent to an activating group) is 1. The van der Waals surface area contributed by atoms with Crippen molar-refractivity contribution in [1.29, 1.82) is 0 Å². The van der Waals surface area contributed by atoms with Gasteiger partial charge in [-0.25, -0.2) is 9.89 Å². The van der Waals surface area contributed by atoms with E-state index in [4.69, 9.17) is 0 Å². The molecule has 1 spiro atoms. The van der Waals surface area contributed by atoms with Crippen LogP contribution in [0.5, 0.6) is 0 Å². The number of rotatable bonds is 5. The molecule has 3 heterocycles. The molecule has 0 saturated carbocycles. The topological polar surface area (TPSA) is 105 Å². The Morgan fingerprint density at radius 1 is 1.27 bits per heavy atom. The highest BCUT2D eigenvalue weighted by Crippen LogP contribution is 2.38. The summed E-state index contributed by atoms with van der Waals surface area (Å²) in [7, 11) is 4.01. The van der Waals surface area contributed by atoms with Crippen molar-refractivity contribution in [1.82, 2.24) is 29.9 Å². The smallest absolute Gasteiger partial charge is 0.340 e. The molecule has 1 aromatic rings. The lowest BCUT2D eigenvalue weighted by atomic mass is 9.73. The number of hydrogen-bond acceptors (Lipinski definition) is 5. The standard InChI is InChI=1S/C17H28N6O3/c1-21(2)8-9-23-12-17(6-4-14(23)24)5-3-7-22(11-17)15(25)10-13-18-16(26)20-19-13/h3-12H2,1-2H3,(H2,18,19,20,26)/t17-/m0/s1. The third-order valence-corrected chi connectivity index (χ3v) is 5.45. The van der Waals surface area contributed by atoms with Gasteiger partial charge in [0.05, 0.1) is 6.42 Å². The Morgan fingerprint density at radius 3 is 2.77 bits per heavy atom. The van der Waals surface area contributed by atoms with Gasteiger partial charge in [-0.2, -0.15) is 5.10 Å². The average molecular weight is 364 g/mol. The molecule has 0 radical (unpaired) electrons. The van der Waals surface area contributed by atoms with Crippen molar-refractivity contribution in [3.8, 4) is 0 Å². The van der Waals surface area contributed by atoms with E-state index in [1.165, 1.54) is 0 Å². The number of likely N-dealkylation sites (tertiary alicyclic amines) is 2. The lowest BCUT2D eigenvalue weighted by Gasteiger charge is -2.48. The van der Waals surface area contributed by atoms with Gasteiger partial charge in [0, 0.05) is 44.6 Å². The van der Waals surface area contributed by atoms with E-state index >= 15 is 0 Å². The van der Waals surface area contributed by atoms with Crippen molar-refractivity contribution in [3.63, 3.8) is 0 Å². The molecule has 2 amide bonds. The molecule has 3 rings (SSSR count). The van der Waals surface area contributed by atoms with Crippen LogP contribution in [0.4, 0.5) is 0 Å². The maximum Gasteiger partial charge on any atom is 0.340 e. The fourth-order valence-electron chi connectivity index (χ4n) is 4.02. The Labute approximate surface area is 152 Å². The second kappa shape index (κ2) is 7.61. The summed E-state index contributed by atoms with van der Waals surface area (Å²) in [4.78, 5) is 44.5. The second-order valence-electron chi connectivity index (χ2n) is 7.84. The molecule has 26 heavy (non-hydrogen) atoms. The number of hydrogen-bond donors (Lipinski definition) is 2. The Balaban J connectivity index is 1.63. The molecular formula is C17H28N6O3. The SMILES string of the molecule is CN(C)CCN1C[C@@]2(CCCN(C(=O)Cc3n[nH]c(=O)[nH]3)C2)CCC1=O. The summed E-state index contributed by atoms with van der Waals surface area (Å²) in [5.74, 6) is 0.560. The summed E-state index contributed by atoms with van der Waals surface area (Å²) in [6, 6.07) is 0. The van der Waals surface area contributed by atoms with E-state index in [9.17, 15) is 14.4 Å². The largest absolute Gasteiger partial charge is 0.342 e. The highest BCUT2D eigenvalue weighted by Gasteiger charge is 2.42. The van der Waals surface area contributed by atoms with Gasteiger partial charge < -0.3 is 14.7 Å². The van der Waals surface area contributed by atoms with E-state index in [1.807, 2.05) is 23.9 Å². The van der Waals surface area contributed by atoms with Gasteiger partial charge in [0.25, 0.3) is 0 Å². The highest BCUT2D eigenvalue weighted by molar-refractivity contribution is 5.79. The number of nitrogens with one attached hydrogen (secondary N) is 2. The molecule has 1 aromatic heterocycles. The maximum absolute atomic E-state index is 12.6. The molecule has 2 saturated heterocycles. The predicted octanol–water partition coefficient (Wildman–Crippen LogP) is -0.567. The summed E-state index contributed by atoms with van der Waals surface area (Å²) in [6.45, 7) is 3.70. The van der Waals surface area contributed by atoms with E-state index in [0.717, 1.165) is 45.4 Å². The summed E-state index contributed by atoms with van der Waals surface area (Å²) >= 11 is 0. The highest BCUT2D eigenvalue weighted by atomic mass is 16.2. The number of carbonyl (C=O) groups excluding carboxylic acids is 2. The van der Waals surface area contributed by atoms with Gasteiger partial charge in [-0.3, -0.25) is 14.6 Å². The van der Waals surface area contributed by atoms with Crippen molar-refractivity contribution >= 4 is 11.8 Å². The van der Waals surface area contributed by atoms with Crippen LogP contribution in [0.15, 0.2) is 4.79 Å². The first-order chi connectivity index (χ1) is 12.4. The molecule has 0 bridgehead atoms. The van der Waals surface area contributed by atoms with E-state index in [0.29, 0.717) is 18.8 Å². The molecule has 2 fully saturated rings. The minimum atomic E-state index is -0.398. The lowest BCUT2D eigenvalue weighted by molar-refractivity contribution is -0.142. The average Bonchev–Trinajstić information content (AvgIpc) is 3.01. The van der Waals surface area contributed by atoms with Gasteiger partial charge in [0.2, 0.25) is 11.8 Å². The van der Waals surface area contributed by atoms with Crippen molar-refractivity contribution < 1.29 is 9.59 Å².